The van der Waals surface area contributed by atoms with E-state index in [-0.39, 0.29) is 6.10 Å². The van der Waals surface area contributed by atoms with E-state index >= 15 is 0 Å². The molecule has 0 radical (unpaired) electrons. The van der Waals surface area contributed by atoms with Crippen LogP contribution >= 0.6 is 11.6 Å². The summed E-state index contributed by atoms with van der Waals surface area (Å²) in [6, 6.07) is 7.45. The van der Waals surface area contributed by atoms with Crippen LogP contribution in [0.1, 0.15) is 25.3 Å². The van der Waals surface area contributed by atoms with Crippen molar-refractivity contribution in [3.05, 3.63) is 34.9 Å². The summed E-state index contributed by atoms with van der Waals surface area (Å²) in [5, 5.41) is 9.09. The van der Waals surface area contributed by atoms with Crippen LogP contribution in [0.5, 0.6) is 0 Å². The molecule has 5 heteroatoms. The first-order valence-corrected chi connectivity index (χ1v) is 6.01. The topological polar surface area (TPSA) is 63.6 Å². The number of hydrogen-bond donors (Lipinski definition) is 1. The van der Waals surface area contributed by atoms with Gasteiger partial charge in [0, 0.05) is 5.02 Å². The highest BCUT2D eigenvalue weighted by Gasteiger charge is 2.13. The van der Waals surface area contributed by atoms with Crippen LogP contribution in [0.15, 0.2) is 24.3 Å². The van der Waals surface area contributed by atoms with Crippen LogP contribution in [0, 0.1) is 0 Å². The van der Waals surface area contributed by atoms with Crippen molar-refractivity contribution in [2.24, 2.45) is 0 Å². The normalized spacial score (nSPS) is 11.9. The van der Waals surface area contributed by atoms with Crippen LogP contribution in [0.25, 0.3) is 0 Å². The molecule has 0 heterocycles. The SMILES string of the molecule is CC(CCc1cccc(Cl)c1)OC(=O)CC(=O)O. The van der Waals surface area contributed by atoms with Crippen LogP contribution in [-0.4, -0.2) is 23.1 Å². The van der Waals surface area contributed by atoms with Gasteiger partial charge < -0.3 is 9.84 Å². The zero-order chi connectivity index (χ0) is 13.5. The van der Waals surface area contributed by atoms with Gasteiger partial charge in [-0.3, -0.25) is 9.59 Å². The number of esters is 1. The molecule has 0 amide bonds. The summed E-state index contributed by atoms with van der Waals surface area (Å²) in [6.45, 7) is 1.74. The Balaban J connectivity index is 2.35. The van der Waals surface area contributed by atoms with Gasteiger partial charge in [0.15, 0.2) is 0 Å². The summed E-state index contributed by atoms with van der Waals surface area (Å²) < 4.78 is 4.96. The van der Waals surface area contributed by atoms with Crippen LogP contribution in [0.3, 0.4) is 0 Å². The number of hydrogen-bond acceptors (Lipinski definition) is 3. The number of carboxylic acid groups (broad SMARTS) is 1. The fraction of sp³-hybridized carbons (Fsp3) is 0.385. The largest absolute Gasteiger partial charge is 0.481 e. The van der Waals surface area contributed by atoms with Crippen LogP contribution < -0.4 is 0 Å². The molecule has 0 saturated heterocycles. The lowest BCUT2D eigenvalue weighted by molar-refractivity contribution is -0.154. The van der Waals surface area contributed by atoms with Crippen molar-refractivity contribution >= 4 is 23.5 Å². The van der Waals surface area contributed by atoms with Gasteiger partial charge in [-0.1, -0.05) is 23.7 Å². The second kappa shape index (κ2) is 7.01. The van der Waals surface area contributed by atoms with Gasteiger partial charge in [-0.15, -0.1) is 0 Å². The van der Waals surface area contributed by atoms with Crippen molar-refractivity contribution in [3.8, 4) is 0 Å². The molecule has 98 valence electrons. The third-order valence-corrected chi connectivity index (χ3v) is 2.59. The lowest BCUT2D eigenvalue weighted by Crippen LogP contribution is -2.18. The molecule has 1 aromatic carbocycles. The molecule has 0 saturated carbocycles. The maximum absolute atomic E-state index is 11.1. The highest BCUT2D eigenvalue weighted by molar-refractivity contribution is 6.30. The predicted octanol–water partition coefficient (Wildman–Crippen LogP) is 2.68. The van der Waals surface area contributed by atoms with Crippen molar-refractivity contribution in [1.29, 1.82) is 0 Å². The Bertz CT molecular complexity index is 431. The fourth-order valence-electron chi connectivity index (χ4n) is 1.51. The van der Waals surface area contributed by atoms with Gasteiger partial charge in [0.05, 0.1) is 6.10 Å². The van der Waals surface area contributed by atoms with E-state index in [2.05, 4.69) is 0 Å². The van der Waals surface area contributed by atoms with Gasteiger partial charge in [0.1, 0.15) is 6.42 Å². The predicted molar refractivity (Wildman–Crippen MR) is 67.6 cm³/mol. The number of rotatable bonds is 6. The van der Waals surface area contributed by atoms with Gasteiger partial charge in [-0.05, 0) is 37.5 Å². The molecule has 1 N–H and O–H groups in total. The minimum Gasteiger partial charge on any atom is -0.481 e. The molecule has 0 spiro atoms. The molecule has 0 aliphatic carbocycles. The summed E-state index contributed by atoms with van der Waals surface area (Å²) in [6.07, 6.45) is 0.450. The van der Waals surface area contributed by atoms with Gasteiger partial charge in [0.25, 0.3) is 0 Å². The highest BCUT2D eigenvalue weighted by Crippen LogP contribution is 2.13. The average Bonchev–Trinajstić information content (AvgIpc) is 2.25. The number of aliphatic carboxylic acids is 1. The molecule has 1 unspecified atom stereocenters. The molecule has 18 heavy (non-hydrogen) atoms. The minimum absolute atomic E-state index is 0.309. The zero-order valence-corrected chi connectivity index (χ0v) is 10.8. The average molecular weight is 271 g/mol. The monoisotopic (exact) mass is 270 g/mol. The molecule has 1 rings (SSSR count). The van der Waals surface area contributed by atoms with Crippen molar-refractivity contribution in [2.45, 2.75) is 32.3 Å². The molecule has 1 aromatic rings. The van der Waals surface area contributed by atoms with Crippen molar-refractivity contribution in [1.82, 2.24) is 0 Å². The van der Waals surface area contributed by atoms with Gasteiger partial charge in [0.2, 0.25) is 0 Å². The number of halogens is 1. The number of carbonyl (C=O) groups excluding carboxylic acids is 1. The van der Waals surface area contributed by atoms with Crippen LogP contribution in [0.2, 0.25) is 5.02 Å². The molecule has 0 aliphatic rings. The Morgan fingerprint density at radius 2 is 2.17 bits per heavy atom. The molecule has 0 aromatic heterocycles. The minimum atomic E-state index is -1.18. The van der Waals surface area contributed by atoms with Crippen molar-refractivity contribution < 1.29 is 19.4 Å². The summed E-state index contributed by atoms with van der Waals surface area (Å²) in [5.74, 6) is -1.89. The Hall–Kier alpha value is -1.55. The molecular formula is C13H15ClO4. The highest BCUT2D eigenvalue weighted by atomic mass is 35.5. The number of carbonyl (C=O) groups is 2. The zero-order valence-electron chi connectivity index (χ0n) is 10.1. The van der Waals surface area contributed by atoms with Crippen LogP contribution in [0.4, 0.5) is 0 Å². The standard InChI is InChI=1S/C13H15ClO4/c1-9(18-13(17)8-12(15)16)5-6-10-3-2-4-11(14)7-10/h2-4,7,9H,5-6,8H2,1H3,(H,15,16). The van der Waals surface area contributed by atoms with Crippen LogP contribution in [-0.2, 0) is 20.7 Å². The van der Waals surface area contributed by atoms with E-state index in [1.54, 1.807) is 13.0 Å². The first kappa shape index (κ1) is 14.5. The lowest BCUT2D eigenvalue weighted by atomic mass is 10.1. The Labute approximate surface area is 111 Å². The Kier molecular flexibility index (Phi) is 5.65. The van der Waals surface area contributed by atoms with E-state index in [9.17, 15) is 9.59 Å². The maximum atomic E-state index is 11.1. The second-order valence-corrected chi connectivity index (χ2v) is 4.48. The van der Waals surface area contributed by atoms with Gasteiger partial charge >= 0.3 is 11.9 Å². The number of aryl methyl sites for hydroxylation is 1. The number of carboxylic acids is 1. The third kappa shape index (κ3) is 5.68. The molecular weight excluding hydrogens is 256 g/mol. The van der Waals surface area contributed by atoms with Gasteiger partial charge in [-0.25, -0.2) is 0 Å². The lowest BCUT2D eigenvalue weighted by Gasteiger charge is -2.12. The van der Waals surface area contributed by atoms with E-state index in [0.717, 1.165) is 12.0 Å². The Morgan fingerprint density at radius 3 is 2.78 bits per heavy atom. The fourth-order valence-corrected chi connectivity index (χ4v) is 1.72. The van der Waals surface area contributed by atoms with E-state index in [4.69, 9.17) is 21.4 Å². The number of ether oxygens (including phenoxy) is 1. The quantitative estimate of drug-likeness (QED) is 0.638. The molecule has 0 bridgehead atoms. The summed E-state index contributed by atoms with van der Waals surface area (Å²) in [4.78, 5) is 21.4. The van der Waals surface area contributed by atoms with Gasteiger partial charge in [-0.2, -0.15) is 0 Å². The van der Waals surface area contributed by atoms with E-state index in [1.165, 1.54) is 0 Å². The third-order valence-electron chi connectivity index (χ3n) is 2.36. The maximum Gasteiger partial charge on any atom is 0.317 e. The molecule has 0 fully saturated rings. The molecule has 4 nitrogen and oxygen atoms in total. The summed E-state index contributed by atoms with van der Waals surface area (Å²) >= 11 is 5.85. The second-order valence-electron chi connectivity index (χ2n) is 4.04. The summed E-state index contributed by atoms with van der Waals surface area (Å²) in [5.41, 5.74) is 1.06. The van der Waals surface area contributed by atoms with Crippen molar-refractivity contribution in [3.63, 3.8) is 0 Å². The van der Waals surface area contributed by atoms with E-state index in [1.807, 2.05) is 18.2 Å². The summed E-state index contributed by atoms with van der Waals surface area (Å²) in [7, 11) is 0. The Morgan fingerprint density at radius 1 is 1.44 bits per heavy atom. The van der Waals surface area contributed by atoms with E-state index < -0.39 is 18.4 Å². The first-order valence-electron chi connectivity index (χ1n) is 5.63. The first-order chi connectivity index (χ1) is 8.47. The smallest absolute Gasteiger partial charge is 0.317 e. The molecule has 1 atom stereocenters. The number of benzene rings is 1. The van der Waals surface area contributed by atoms with E-state index in [0.29, 0.717) is 11.4 Å². The van der Waals surface area contributed by atoms with Crippen molar-refractivity contribution in [2.75, 3.05) is 0 Å². The molecule has 0 aliphatic heterocycles.